The Kier molecular flexibility index (Phi) is 3.98. The second kappa shape index (κ2) is 5.49. The van der Waals surface area contributed by atoms with Gasteiger partial charge >= 0.3 is 0 Å². The minimum atomic E-state index is -0.733. The predicted octanol–water partition coefficient (Wildman–Crippen LogP) is 0.952. The first kappa shape index (κ1) is 13.0. The number of methoxy groups -OCH3 is 2. The van der Waals surface area contributed by atoms with Crippen LogP contribution >= 0.6 is 0 Å². The van der Waals surface area contributed by atoms with E-state index in [-0.39, 0.29) is 12.0 Å². The van der Waals surface area contributed by atoms with Crippen LogP contribution in [-0.4, -0.2) is 42.0 Å². The van der Waals surface area contributed by atoms with E-state index in [1.165, 1.54) is 20.4 Å². The first-order valence-corrected chi connectivity index (χ1v) is 5.90. The lowest BCUT2D eigenvalue weighted by Gasteiger charge is -2.17. The van der Waals surface area contributed by atoms with E-state index in [1.54, 1.807) is 0 Å². The molecule has 0 aliphatic carbocycles. The molecule has 6 heteroatoms. The highest BCUT2D eigenvalue weighted by molar-refractivity contribution is 5.25. The summed E-state index contributed by atoms with van der Waals surface area (Å²) in [5, 5.41) is 10.3. The van der Waals surface area contributed by atoms with E-state index < -0.39 is 6.10 Å². The van der Waals surface area contributed by atoms with E-state index in [2.05, 4.69) is 9.97 Å². The molecule has 1 saturated heterocycles. The molecule has 3 unspecified atom stereocenters. The van der Waals surface area contributed by atoms with Crippen molar-refractivity contribution in [2.75, 3.05) is 20.8 Å². The van der Waals surface area contributed by atoms with Gasteiger partial charge in [-0.25, -0.2) is 4.98 Å². The molecule has 2 rings (SSSR count). The lowest BCUT2D eigenvalue weighted by atomic mass is 9.97. The molecule has 1 aromatic heterocycles. The van der Waals surface area contributed by atoms with Crippen molar-refractivity contribution < 1.29 is 19.3 Å². The Labute approximate surface area is 106 Å². The highest BCUT2D eigenvalue weighted by Crippen LogP contribution is 2.34. The average molecular weight is 254 g/mol. The molecule has 0 aromatic carbocycles. The van der Waals surface area contributed by atoms with Gasteiger partial charge in [-0.15, -0.1) is 0 Å². The number of rotatable bonds is 4. The Morgan fingerprint density at radius 3 is 2.78 bits per heavy atom. The molecule has 1 fully saturated rings. The fourth-order valence-electron chi connectivity index (χ4n) is 2.11. The molecule has 1 aromatic rings. The molecule has 1 aliphatic heterocycles. The van der Waals surface area contributed by atoms with Gasteiger partial charge in [-0.3, -0.25) is 0 Å². The fourth-order valence-corrected chi connectivity index (χ4v) is 2.11. The zero-order valence-electron chi connectivity index (χ0n) is 10.8. The van der Waals surface area contributed by atoms with Gasteiger partial charge in [0.1, 0.15) is 11.8 Å². The zero-order chi connectivity index (χ0) is 13.1. The summed E-state index contributed by atoms with van der Waals surface area (Å²) in [6.07, 6.45) is 1.71. The summed E-state index contributed by atoms with van der Waals surface area (Å²) in [5.41, 5.74) is 0.431. The summed E-state index contributed by atoms with van der Waals surface area (Å²) in [6, 6.07) is 0. The van der Waals surface area contributed by atoms with Gasteiger partial charge in [-0.1, -0.05) is 0 Å². The summed E-state index contributed by atoms with van der Waals surface area (Å²) >= 11 is 0. The van der Waals surface area contributed by atoms with E-state index in [1.807, 2.05) is 6.92 Å². The molecule has 0 radical (unpaired) electrons. The highest BCUT2D eigenvalue weighted by atomic mass is 16.5. The molecule has 6 nitrogen and oxygen atoms in total. The van der Waals surface area contributed by atoms with Crippen molar-refractivity contribution in [1.82, 2.24) is 9.97 Å². The highest BCUT2D eigenvalue weighted by Gasteiger charge is 2.32. The van der Waals surface area contributed by atoms with Crippen LogP contribution in [0.3, 0.4) is 0 Å². The van der Waals surface area contributed by atoms with Gasteiger partial charge in [-0.05, 0) is 13.3 Å². The first-order chi connectivity index (χ1) is 8.65. The molecule has 2 heterocycles. The van der Waals surface area contributed by atoms with E-state index in [9.17, 15) is 5.11 Å². The number of hydrogen-bond acceptors (Lipinski definition) is 6. The molecule has 100 valence electrons. The second-order valence-electron chi connectivity index (χ2n) is 4.39. The van der Waals surface area contributed by atoms with Gasteiger partial charge < -0.3 is 19.3 Å². The molecule has 0 bridgehead atoms. The largest absolute Gasteiger partial charge is 0.480 e. The standard InChI is InChI=1S/C12H18N2O4/c1-7-4-8(6-18-7)11(15)10-12(17-3)14-9(16-2)5-13-10/h5,7-8,11,15H,4,6H2,1-3H3. The Balaban J connectivity index is 2.21. The van der Waals surface area contributed by atoms with Crippen molar-refractivity contribution >= 4 is 0 Å². The summed E-state index contributed by atoms with van der Waals surface area (Å²) in [7, 11) is 3.00. The topological polar surface area (TPSA) is 73.7 Å². The summed E-state index contributed by atoms with van der Waals surface area (Å²) in [4.78, 5) is 8.29. The van der Waals surface area contributed by atoms with Crippen molar-refractivity contribution in [3.63, 3.8) is 0 Å². The van der Waals surface area contributed by atoms with Crippen molar-refractivity contribution in [3.8, 4) is 11.8 Å². The zero-order valence-corrected chi connectivity index (χ0v) is 10.8. The number of aromatic nitrogens is 2. The summed E-state index contributed by atoms with van der Waals surface area (Å²) in [5.74, 6) is 0.678. The Morgan fingerprint density at radius 2 is 2.22 bits per heavy atom. The number of hydrogen-bond donors (Lipinski definition) is 1. The average Bonchev–Trinajstić information content (AvgIpc) is 2.83. The van der Waals surface area contributed by atoms with Crippen molar-refractivity contribution in [2.45, 2.75) is 25.6 Å². The van der Waals surface area contributed by atoms with Gasteiger partial charge in [0.2, 0.25) is 11.8 Å². The fraction of sp³-hybridized carbons (Fsp3) is 0.667. The van der Waals surface area contributed by atoms with Crippen LogP contribution in [0.25, 0.3) is 0 Å². The van der Waals surface area contributed by atoms with Crippen LogP contribution in [0.2, 0.25) is 0 Å². The van der Waals surface area contributed by atoms with Crippen LogP contribution in [0.15, 0.2) is 6.20 Å². The summed E-state index contributed by atoms with van der Waals surface area (Å²) < 4.78 is 15.6. The number of nitrogens with zero attached hydrogens (tertiary/aromatic N) is 2. The molecule has 0 saturated carbocycles. The minimum Gasteiger partial charge on any atom is -0.480 e. The van der Waals surface area contributed by atoms with Crippen LogP contribution in [-0.2, 0) is 4.74 Å². The van der Waals surface area contributed by atoms with E-state index >= 15 is 0 Å². The van der Waals surface area contributed by atoms with Crippen molar-refractivity contribution in [3.05, 3.63) is 11.9 Å². The molecular formula is C12H18N2O4. The van der Waals surface area contributed by atoms with Gasteiger partial charge in [0, 0.05) is 5.92 Å². The summed E-state index contributed by atoms with van der Waals surface area (Å²) in [6.45, 7) is 2.52. The Hall–Kier alpha value is -1.40. The smallest absolute Gasteiger partial charge is 0.241 e. The predicted molar refractivity (Wildman–Crippen MR) is 63.6 cm³/mol. The van der Waals surface area contributed by atoms with Crippen LogP contribution in [0.4, 0.5) is 0 Å². The monoisotopic (exact) mass is 254 g/mol. The third kappa shape index (κ3) is 2.54. The molecule has 0 spiro atoms. The lowest BCUT2D eigenvalue weighted by Crippen LogP contribution is -2.16. The molecule has 3 atom stereocenters. The normalized spacial score (nSPS) is 24.9. The van der Waals surface area contributed by atoms with Crippen LogP contribution in [0, 0.1) is 5.92 Å². The number of aliphatic hydroxyl groups excluding tert-OH is 1. The maximum absolute atomic E-state index is 10.3. The van der Waals surface area contributed by atoms with Gasteiger partial charge in [0.05, 0.1) is 33.1 Å². The molecular weight excluding hydrogens is 236 g/mol. The van der Waals surface area contributed by atoms with Crippen LogP contribution < -0.4 is 9.47 Å². The van der Waals surface area contributed by atoms with Crippen LogP contribution in [0.5, 0.6) is 11.8 Å². The number of ether oxygens (including phenoxy) is 3. The van der Waals surface area contributed by atoms with Crippen molar-refractivity contribution in [2.24, 2.45) is 5.92 Å². The Bertz CT molecular complexity index is 413. The van der Waals surface area contributed by atoms with E-state index in [0.29, 0.717) is 24.1 Å². The lowest BCUT2D eigenvalue weighted by molar-refractivity contribution is 0.0758. The maximum Gasteiger partial charge on any atom is 0.241 e. The molecule has 0 amide bonds. The third-order valence-corrected chi connectivity index (χ3v) is 3.10. The van der Waals surface area contributed by atoms with E-state index in [4.69, 9.17) is 14.2 Å². The van der Waals surface area contributed by atoms with Gasteiger partial charge in [0.25, 0.3) is 0 Å². The SMILES string of the molecule is COc1cnc(C(O)C2COC(C)C2)c(OC)n1. The molecule has 1 N–H and O–H groups in total. The minimum absolute atomic E-state index is 0.0246. The second-order valence-corrected chi connectivity index (χ2v) is 4.39. The third-order valence-electron chi connectivity index (χ3n) is 3.10. The first-order valence-electron chi connectivity index (χ1n) is 5.90. The number of aliphatic hydroxyl groups is 1. The molecule has 18 heavy (non-hydrogen) atoms. The Morgan fingerprint density at radius 1 is 1.44 bits per heavy atom. The van der Waals surface area contributed by atoms with Crippen molar-refractivity contribution in [1.29, 1.82) is 0 Å². The molecule has 1 aliphatic rings. The maximum atomic E-state index is 10.3. The van der Waals surface area contributed by atoms with Gasteiger partial charge in [-0.2, -0.15) is 4.98 Å². The van der Waals surface area contributed by atoms with Crippen LogP contribution in [0.1, 0.15) is 25.1 Å². The quantitative estimate of drug-likeness (QED) is 0.862. The van der Waals surface area contributed by atoms with E-state index in [0.717, 1.165) is 6.42 Å². The van der Waals surface area contributed by atoms with Gasteiger partial charge in [0.15, 0.2) is 0 Å².